The van der Waals surface area contributed by atoms with Gasteiger partial charge in [-0.2, -0.15) is 13.2 Å². The molecule has 0 bridgehead atoms. The molecule has 1 aromatic carbocycles. The van der Waals surface area contributed by atoms with Gasteiger partial charge in [-0.1, -0.05) is 6.07 Å². The van der Waals surface area contributed by atoms with Crippen molar-refractivity contribution in [3.63, 3.8) is 0 Å². The first-order chi connectivity index (χ1) is 12.1. The predicted molar refractivity (Wildman–Crippen MR) is 93.7 cm³/mol. The molecule has 0 aliphatic rings. The summed E-state index contributed by atoms with van der Waals surface area (Å²) < 4.78 is 39.8. The molecule has 2 aromatic heterocycles. The molecule has 0 atom stereocenters. The van der Waals surface area contributed by atoms with Crippen molar-refractivity contribution >= 4 is 33.1 Å². The Morgan fingerprint density at radius 1 is 1.27 bits per heavy atom. The van der Waals surface area contributed by atoms with Crippen LogP contribution in [0.4, 0.5) is 18.9 Å². The van der Waals surface area contributed by atoms with Gasteiger partial charge >= 0.3 is 6.18 Å². The molecule has 0 aliphatic carbocycles. The summed E-state index contributed by atoms with van der Waals surface area (Å²) in [5.41, 5.74) is -0.629. The number of rotatable bonds is 2. The summed E-state index contributed by atoms with van der Waals surface area (Å²) in [5.74, 6) is -0.0712. The highest BCUT2D eigenvalue weighted by atomic mass is 32.1. The highest BCUT2D eigenvalue weighted by Gasteiger charge is 2.30. The van der Waals surface area contributed by atoms with Crippen LogP contribution in [0.5, 0.6) is 0 Å². The van der Waals surface area contributed by atoms with Crippen LogP contribution >= 0.6 is 11.3 Å². The fourth-order valence-corrected chi connectivity index (χ4v) is 3.66. The summed E-state index contributed by atoms with van der Waals surface area (Å²) in [4.78, 5) is 29.9. The number of nitrogens with one attached hydrogen (secondary N) is 1. The first kappa shape index (κ1) is 18.1. The van der Waals surface area contributed by atoms with Gasteiger partial charge in [0.25, 0.3) is 11.5 Å². The van der Waals surface area contributed by atoms with Crippen molar-refractivity contribution < 1.29 is 18.0 Å². The maximum Gasteiger partial charge on any atom is 0.416 e. The fraction of sp³-hybridized carbons (Fsp3) is 0.235. The second kappa shape index (κ2) is 6.24. The third kappa shape index (κ3) is 3.10. The maximum atomic E-state index is 12.8. The number of halogens is 3. The number of carbonyl (C=O) groups is 1. The van der Waals surface area contributed by atoms with Gasteiger partial charge in [0.1, 0.15) is 10.7 Å². The number of thiophene rings is 1. The van der Waals surface area contributed by atoms with Crippen LogP contribution in [0.2, 0.25) is 0 Å². The second-order valence-electron chi connectivity index (χ2n) is 5.79. The van der Waals surface area contributed by atoms with Gasteiger partial charge in [0.15, 0.2) is 0 Å². The highest BCUT2D eigenvalue weighted by molar-refractivity contribution is 7.20. The minimum atomic E-state index is -4.50. The van der Waals surface area contributed by atoms with Crippen LogP contribution in [-0.4, -0.2) is 15.5 Å². The van der Waals surface area contributed by atoms with Crippen molar-refractivity contribution in [2.45, 2.75) is 20.0 Å². The summed E-state index contributed by atoms with van der Waals surface area (Å²) in [6, 6.07) is 4.38. The first-order valence-corrected chi connectivity index (χ1v) is 8.36. The Morgan fingerprint density at radius 3 is 2.62 bits per heavy atom. The normalized spacial score (nSPS) is 11.8. The maximum absolute atomic E-state index is 12.8. The lowest BCUT2D eigenvalue weighted by molar-refractivity contribution is -0.137. The fourth-order valence-electron chi connectivity index (χ4n) is 2.54. The monoisotopic (exact) mass is 381 g/mol. The lowest BCUT2D eigenvalue weighted by Gasteiger charge is -2.09. The lowest BCUT2D eigenvalue weighted by Crippen LogP contribution is -2.20. The number of anilines is 1. The van der Waals surface area contributed by atoms with Gasteiger partial charge in [0.05, 0.1) is 15.8 Å². The van der Waals surface area contributed by atoms with Gasteiger partial charge in [-0.05, 0) is 37.6 Å². The van der Waals surface area contributed by atoms with Crippen molar-refractivity contribution in [1.29, 1.82) is 0 Å². The van der Waals surface area contributed by atoms with E-state index in [-0.39, 0.29) is 16.1 Å². The van der Waals surface area contributed by atoms with Gasteiger partial charge in [-0.15, -0.1) is 11.3 Å². The van der Waals surface area contributed by atoms with Crippen molar-refractivity contribution in [3.8, 4) is 0 Å². The van der Waals surface area contributed by atoms with E-state index in [0.29, 0.717) is 21.6 Å². The zero-order valence-electron chi connectivity index (χ0n) is 14.1. The SMILES string of the molecule is Cc1c(C(=O)Nc2cccc(C(F)(F)F)c2)sc2nc(C)n(C)c(=O)c12. The minimum Gasteiger partial charge on any atom is -0.321 e. The molecule has 0 aliphatic heterocycles. The van der Waals surface area contributed by atoms with E-state index in [1.54, 1.807) is 20.9 Å². The van der Waals surface area contributed by atoms with E-state index in [9.17, 15) is 22.8 Å². The van der Waals surface area contributed by atoms with Crippen molar-refractivity contribution in [2.24, 2.45) is 7.05 Å². The number of hydrogen-bond acceptors (Lipinski definition) is 4. The van der Waals surface area contributed by atoms with E-state index in [1.165, 1.54) is 16.7 Å². The van der Waals surface area contributed by atoms with Crippen molar-refractivity contribution in [3.05, 3.63) is 56.4 Å². The average molecular weight is 381 g/mol. The number of alkyl halides is 3. The topological polar surface area (TPSA) is 64.0 Å². The molecule has 0 unspecified atom stereocenters. The molecule has 26 heavy (non-hydrogen) atoms. The summed E-state index contributed by atoms with van der Waals surface area (Å²) in [5, 5.41) is 2.80. The Balaban J connectivity index is 2.00. The van der Waals surface area contributed by atoms with Crippen LogP contribution < -0.4 is 10.9 Å². The number of benzene rings is 1. The van der Waals surface area contributed by atoms with Crippen LogP contribution in [0.25, 0.3) is 10.2 Å². The molecular formula is C17H14F3N3O2S. The average Bonchev–Trinajstić information content (AvgIpc) is 2.89. The van der Waals surface area contributed by atoms with Gasteiger partial charge in [-0.25, -0.2) is 4.98 Å². The Hall–Kier alpha value is -2.68. The summed E-state index contributed by atoms with van der Waals surface area (Å²) >= 11 is 1.04. The zero-order valence-corrected chi connectivity index (χ0v) is 14.9. The number of nitrogens with zero attached hydrogens (tertiary/aromatic N) is 2. The second-order valence-corrected chi connectivity index (χ2v) is 6.79. The number of hydrogen-bond donors (Lipinski definition) is 1. The molecule has 1 amide bonds. The Bertz CT molecular complexity index is 1080. The number of aryl methyl sites for hydroxylation is 2. The minimum absolute atomic E-state index is 0.0266. The molecular weight excluding hydrogens is 367 g/mol. The summed E-state index contributed by atoms with van der Waals surface area (Å²) in [6.07, 6.45) is -4.50. The molecule has 0 spiro atoms. The third-order valence-corrected chi connectivity index (χ3v) is 5.23. The molecule has 0 saturated carbocycles. The van der Waals surface area contributed by atoms with E-state index in [1.807, 2.05) is 0 Å². The Morgan fingerprint density at radius 2 is 1.96 bits per heavy atom. The molecule has 3 aromatic rings. The largest absolute Gasteiger partial charge is 0.416 e. The Labute approximate surface area is 150 Å². The van der Waals surface area contributed by atoms with Gasteiger partial charge in [0, 0.05) is 12.7 Å². The van der Waals surface area contributed by atoms with Crippen LogP contribution in [0.1, 0.15) is 26.6 Å². The van der Waals surface area contributed by atoms with Crippen LogP contribution in [0.3, 0.4) is 0 Å². The van der Waals surface area contributed by atoms with E-state index in [4.69, 9.17) is 0 Å². The zero-order chi connectivity index (χ0) is 19.2. The third-order valence-electron chi connectivity index (χ3n) is 4.05. The molecule has 5 nitrogen and oxygen atoms in total. The molecule has 136 valence electrons. The molecule has 9 heteroatoms. The number of aromatic nitrogens is 2. The first-order valence-electron chi connectivity index (χ1n) is 7.55. The molecule has 1 N–H and O–H groups in total. The standard InChI is InChI=1S/C17H14F3N3O2S/c1-8-12-15(21-9(2)23(3)16(12)25)26-13(8)14(24)22-11-6-4-5-10(7-11)17(18,19)20/h4-7H,1-3H3,(H,22,24). The quantitative estimate of drug-likeness (QED) is 0.733. The molecule has 2 heterocycles. The van der Waals surface area contributed by atoms with E-state index in [0.717, 1.165) is 23.5 Å². The molecule has 0 saturated heterocycles. The highest BCUT2D eigenvalue weighted by Crippen LogP contribution is 2.32. The van der Waals surface area contributed by atoms with Gasteiger partial charge < -0.3 is 5.32 Å². The van der Waals surface area contributed by atoms with Gasteiger partial charge in [-0.3, -0.25) is 14.2 Å². The lowest BCUT2D eigenvalue weighted by atomic mass is 10.1. The number of fused-ring (bicyclic) bond motifs is 1. The van der Waals surface area contributed by atoms with Crippen molar-refractivity contribution in [1.82, 2.24) is 9.55 Å². The summed E-state index contributed by atoms with van der Waals surface area (Å²) in [6.45, 7) is 3.30. The molecule has 3 rings (SSSR count). The molecule has 0 radical (unpaired) electrons. The smallest absolute Gasteiger partial charge is 0.321 e. The number of amides is 1. The van der Waals surface area contributed by atoms with E-state index in [2.05, 4.69) is 10.3 Å². The van der Waals surface area contributed by atoms with E-state index < -0.39 is 17.6 Å². The van der Waals surface area contributed by atoms with Crippen LogP contribution in [0, 0.1) is 13.8 Å². The predicted octanol–water partition coefficient (Wildman–Crippen LogP) is 3.88. The van der Waals surface area contributed by atoms with Crippen molar-refractivity contribution in [2.75, 3.05) is 5.32 Å². The summed E-state index contributed by atoms with van der Waals surface area (Å²) in [7, 11) is 1.59. The Kier molecular flexibility index (Phi) is 4.35. The van der Waals surface area contributed by atoms with Crippen LogP contribution in [-0.2, 0) is 13.2 Å². The number of carbonyl (C=O) groups excluding carboxylic acids is 1. The van der Waals surface area contributed by atoms with E-state index >= 15 is 0 Å². The van der Waals surface area contributed by atoms with Crippen LogP contribution in [0.15, 0.2) is 29.1 Å². The van der Waals surface area contributed by atoms with Gasteiger partial charge in [0.2, 0.25) is 0 Å². The molecule has 0 fully saturated rings.